The van der Waals surface area contributed by atoms with Crippen LogP contribution in [-0.2, 0) is 16.0 Å². The Balaban J connectivity index is 0.00000289. The summed E-state index contributed by atoms with van der Waals surface area (Å²) in [6.45, 7) is 0. The van der Waals surface area contributed by atoms with Gasteiger partial charge in [0, 0.05) is 16.5 Å². The summed E-state index contributed by atoms with van der Waals surface area (Å²) in [6.07, 6.45) is 0.252. The van der Waals surface area contributed by atoms with Crippen molar-refractivity contribution in [3.8, 4) is 5.75 Å². The van der Waals surface area contributed by atoms with E-state index in [1.54, 1.807) is 20.2 Å². The minimum absolute atomic E-state index is 0. The van der Waals surface area contributed by atoms with Crippen LogP contribution in [0.2, 0.25) is 5.02 Å². The maximum absolute atomic E-state index is 13.2. The second kappa shape index (κ2) is 7.77. The molecule has 0 aromatic heterocycles. The van der Waals surface area contributed by atoms with E-state index in [0.717, 1.165) is 0 Å². The molecule has 0 radical (unpaired) electrons. The van der Waals surface area contributed by atoms with Crippen LogP contribution in [0, 0.1) is 11.8 Å². The molecular weight excluding hydrogens is 463 g/mol. The van der Waals surface area contributed by atoms with Gasteiger partial charge in [-0.3, -0.25) is 19.3 Å². The number of hydrogen-bond acceptors (Lipinski definition) is 8. The predicted octanol–water partition coefficient (Wildman–Crippen LogP) is 1.20. The fraction of sp³-hybridized carbons (Fsp3) is 0.381. The van der Waals surface area contributed by atoms with Gasteiger partial charge in [0.2, 0.25) is 5.78 Å². The van der Waals surface area contributed by atoms with Gasteiger partial charge in [0.25, 0.3) is 5.91 Å². The van der Waals surface area contributed by atoms with E-state index >= 15 is 0 Å². The molecule has 172 valence electrons. The third-order valence-electron chi connectivity index (χ3n) is 6.49. The van der Waals surface area contributed by atoms with Crippen molar-refractivity contribution in [2.24, 2.45) is 17.6 Å². The van der Waals surface area contributed by atoms with Gasteiger partial charge in [-0.25, -0.2) is 0 Å². The molecule has 6 N–H and O–H groups in total. The molecule has 3 aliphatic carbocycles. The molecule has 0 bridgehead atoms. The quantitative estimate of drug-likeness (QED) is 0.391. The molecule has 0 saturated heterocycles. The number of rotatable bonds is 2. The molecule has 4 rings (SSSR count). The maximum atomic E-state index is 13.2. The highest BCUT2D eigenvalue weighted by molar-refractivity contribution is 6.31. The average Bonchev–Trinajstić information content (AvgIpc) is 2.63. The number of benzene rings is 1. The first-order chi connectivity index (χ1) is 14.4. The van der Waals surface area contributed by atoms with E-state index in [1.807, 2.05) is 0 Å². The summed E-state index contributed by atoms with van der Waals surface area (Å²) in [5, 5.41) is 43.6. The van der Waals surface area contributed by atoms with Crippen molar-refractivity contribution in [2.75, 3.05) is 14.1 Å². The Bertz CT molecular complexity index is 1130. The molecule has 3 aliphatic rings. The van der Waals surface area contributed by atoms with Crippen LogP contribution in [0.4, 0.5) is 0 Å². The standard InChI is InChI=1S/C21H21ClN2O7.ClH/c1-24(2)15-10-5-8-3-7-4-9(22)6-11(25)12(7)16(26)13(8)18(28)21(10,31)19(29)14(17(15)27)20(23)30;/h4,6,8,10,15,25,27-28,31H,3,5H2,1-2H3,(H2,23,30);1H/t8?,10?,15-,21-;/m0./s1. The van der Waals surface area contributed by atoms with Gasteiger partial charge in [0.15, 0.2) is 11.4 Å². The van der Waals surface area contributed by atoms with Crippen LogP contribution in [0.1, 0.15) is 22.3 Å². The molecule has 1 aromatic rings. The summed E-state index contributed by atoms with van der Waals surface area (Å²) in [5.74, 6) is -6.78. The molecule has 0 saturated carbocycles. The molecule has 2 unspecified atom stereocenters. The predicted molar refractivity (Wildman–Crippen MR) is 116 cm³/mol. The number of fused-ring (bicyclic) bond motifs is 3. The van der Waals surface area contributed by atoms with Crippen LogP contribution in [0.15, 0.2) is 34.8 Å². The Kier molecular flexibility index (Phi) is 5.84. The molecular formula is C21H22Cl2N2O7. The number of halogens is 2. The Labute approximate surface area is 194 Å². The first-order valence-electron chi connectivity index (χ1n) is 9.57. The lowest BCUT2D eigenvalue weighted by Crippen LogP contribution is -2.63. The van der Waals surface area contributed by atoms with E-state index in [2.05, 4.69) is 0 Å². The van der Waals surface area contributed by atoms with Crippen LogP contribution in [0.5, 0.6) is 5.75 Å². The second-order valence-electron chi connectivity index (χ2n) is 8.42. The molecule has 0 heterocycles. The number of phenols is 1. The normalized spacial score (nSPS) is 29.3. The molecule has 9 nitrogen and oxygen atoms in total. The molecule has 32 heavy (non-hydrogen) atoms. The molecule has 0 fully saturated rings. The maximum Gasteiger partial charge on any atom is 0.255 e. The van der Waals surface area contributed by atoms with Gasteiger partial charge in [-0.2, -0.15) is 0 Å². The highest BCUT2D eigenvalue weighted by Gasteiger charge is 2.63. The summed E-state index contributed by atoms with van der Waals surface area (Å²) >= 11 is 6.01. The van der Waals surface area contributed by atoms with Gasteiger partial charge in [-0.15, -0.1) is 12.4 Å². The zero-order valence-electron chi connectivity index (χ0n) is 17.1. The number of aliphatic hydroxyl groups is 3. The fourth-order valence-electron chi connectivity index (χ4n) is 5.24. The van der Waals surface area contributed by atoms with Crippen molar-refractivity contribution in [3.05, 3.63) is 50.9 Å². The number of carbonyl (C=O) groups excluding carboxylic acids is 3. The summed E-state index contributed by atoms with van der Waals surface area (Å²) in [5.41, 5.74) is 2.03. The van der Waals surface area contributed by atoms with Crippen molar-refractivity contribution >= 4 is 41.5 Å². The Hall–Kier alpha value is -2.59. The van der Waals surface area contributed by atoms with Crippen molar-refractivity contribution < 1.29 is 34.8 Å². The minimum atomic E-state index is -2.63. The molecule has 4 atom stereocenters. The van der Waals surface area contributed by atoms with E-state index in [-0.39, 0.29) is 47.2 Å². The number of primary amides is 1. The van der Waals surface area contributed by atoms with Crippen LogP contribution in [-0.4, -0.2) is 68.5 Å². The monoisotopic (exact) mass is 484 g/mol. The summed E-state index contributed by atoms with van der Waals surface area (Å²) < 4.78 is 0. The lowest BCUT2D eigenvalue weighted by molar-refractivity contribution is -0.148. The molecule has 1 aromatic carbocycles. The number of hydrogen-bond donors (Lipinski definition) is 5. The van der Waals surface area contributed by atoms with Gasteiger partial charge in [-0.05, 0) is 50.6 Å². The number of nitrogens with two attached hydrogens (primary N) is 1. The van der Waals surface area contributed by atoms with Crippen LogP contribution >= 0.6 is 24.0 Å². The van der Waals surface area contributed by atoms with Gasteiger partial charge in [-0.1, -0.05) is 11.6 Å². The van der Waals surface area contributed by atoms with Crippen LogP contribution < -0.4 is 5.73 Å². The molecule has 1 amide bonds. The first kappa shape index (κ1) is 24.1. The zero-order chi connectivity index (χ0) is 23.0. The number of amides is 1. The highest BCUT2D eigenvalue weighted by Crippen LogP contribution is 2.52. The van der Waals surface area contributed by atoms with Crippen molar-refractivity contribution in [2.45, 2.75) is 24.5 Å². The number of aliphatic hydroxyl groups excluding tert-OH is 2. The van der Waals surface area contributed by atoms with Gasteiger partial charge < -0.3 is 26.2 Å². The highest BCUT2D eigenvalue weighted by atomic mass is 35.5. The Morgan fingerprint density at radius 3 is 2.41 bits per heavy atom. The van der Waals surface area contributed by atoms with Gasteiger partial charge in [0.1, 0.15) is 22.8 Å². The first-order valence-corrected chi connectivity index (χ1v) is 9.95. The Morgan fingerprint density at radius 1 is 1.22 bits per heavy atom. The van der Waals surface area contributed by atoms with E-state index in [9.17, 15) is 34.8 Å². The molecule has 0 spiro atoms. The minimum Gasteiger partial charge on any atom is -0.510 e. The number of ketones is 2. The summed E-state index contributed by atoms with van der Waals surface area (Å²) in [4.78, 5) is 39.7. The molecule has 11 heteroatoms. The molecule has 0 aliphatic heterocycles. The topological polar surface area (TPSA) is 161 Å². The van der Waals surface area contributed by atoms with Gasteiger partial charge >= 0.3 is 0 Å². The SMILES string of the molecule is CN(C)[C@@H]1C(O)=C(C(N)=O)C(=O)[C@@]2(O)C(O)=C3C(=O)c4c(O)cc(Cl)cc4CC3CC12.Cl. The van der Waals surface area contributed by atoms with Crippen LogP contribution in [0.3, 0.4) is 0 Å². The number of nitrogens with zero attached hydrogens (tertiary/aromatic N) is 1. The third kappa shape index (κ3) is 3.03. The second-order valence-corrected chi connectivity index (χ2v) is 8.86. The summed E-state index contributed by atoms with van der Waals surface area (Å²) in [6, 6.07) is 1.72. The van der Waals surface area contributed by atoms with E-state index in [0.29, 0.717) is 5.56 Å². The lowest BCUT2D eigenvalue weighted by atomic mass is 9.58. The van der Waals surface area contributed by atoms with Crippen LogP contribution in [0.25, 0.3) is 0 Å². The largest absolute Gasteiger partial charge is 0.510 e. The van der Waals surface area contributed by atoms with E-state index < -0.39 is 58.0 Å². The lowest BCUT2D eigenvalue weighted by Gasteiger charge is -2.50. The number of allylic oxidation sites excluding steroid dienone is 1. The van der Waals surface area contributed by atoms with Crippen molar-refractivity contribution in [3.63, 3.8) is 0 Å². The third-order valence-corrected chi connectivity index (χ3v) is 6.71. The zero-order valence-corrected chi connectivity index (χ0v) is 18.7. The number of carbonyl (C=O) groups is 3. The van der Waals surface area contributed by atoms with E-state index in [4.69, 9.17) is 17.3 Å². The Morgan fingerprint density at radius 2 is 1.84 bits per heavy atom. The number of likely N-dealkylation sites (N-methyl/N-ethyl adjacent to an activating group) is 1. The van der Waals surface area contributed by atoms with Crippen molar-refractivity contribution in [1.82, 2.24) is 4.90 Å². The average molecular weight is 485 g/mol. The number of aromatic hydroxyl groups is 1. The van der Waals surface area contributed by atoms with Crippen molar-refractivity contribution in [1.29, 1.82) is 0 Å². The smallest absolute Gasteiger partial charge is 0.255 e. The van der Waals surface area contributed by atoms with Gasteiger partial charge in [0.05, 0.1) is 11.6 Å². The number of Topliss-reactive ketones (excluding diaryl/α,β-unsaturated/α-hetero) is 2. The van der Waals surface area contributed by atoms with E-state index in [1.165, 1.54) is 11.0 Å². The number of phenolic OH excluding ortho intramolecular Hbond substituents is 1. The fourth-order valence-corrected chi connectivity index (χ4v) is 5.47. The summed E-state index contributed by atoms with van der Waals surface area (Å²) in [7, 11) is 3.15.